The largest absolute Gasteiger partial charge is 0.479 e. The number of carbonyl (C=O) groups excluding carboxylic acids is 3. The molecule has 2 aromatic rings. The summed E-state index contributed by atoms with van der Waals surface area (Å²) in [5.74, 6) is -0.0143. The second-order valence-electron chi connectivity index (χ2n) is 10.7. The molecular formula is C28H31FN4O6. The number of carbonyl (C=O) groups is 3. The minimum Gasteiger partial charge on any atom is -0.479 e. The Balaban J connectivity index is 1.09. The van der Waals surface area contributed by atoms with Crippen molar-refractivity contribution in [2.45, 2.75) is 50.9 Å². The van der Waals surface area contributed by atoms with Crippen molar-refractivity contribution in [3.8, 4) is 11.6 Å². The average Bonchev–Trinajstić information content (AvgIpc) is 3.63. The van der Waals surface area contributed by atoms with E-state index in [1.807, 2.05) is 0 Å². The normalized spacial score (nSPS) is 21.5. The molecule has 1 aromatic heterocycles. The quantitative estimate of drug-likeness (QED) is 0.548. The smallest absolute Gasteiger partial charge is 0.268 e. The van der Waals surface area contributed by atoms with Crippen molar-refractivity contribution in [2.75, 3.05) is 37.7 Å². The van der Waals surface area contributed by atoms with Crippen LogP contribution in [0.4, 0.5) is 10.1 Å². The van der Waals surface area contributed by atoms with Gasteiger partial charge in [0.25, 0.3) is 11.8 Å². The number of hydrogen-bond acceptors (Lipinski definition) is 7. The molecule has 0 bridgehead atoms. The third kappa shape index (κ3) is 5.40. The predicted octanol–water partition coefficient (Wildman–Crippen LogP) is 2.13. The van der Waals surface area contributed by atoms with Gasteiger partial charge in [-0.15, -0.1) is 0 Å². The first-order valence-corrected chi connectivity index (χ1v) is 13.5. The summed E-state index contributed by atoms with van der Waals surface area (Å²) in [5, 5.41) is 9.67. The zero-order chi connectivity index (χ0) is 27.1. The summed E-state index contributed by atoms with van der Waals surface area (Å²) < 4.78 is 26.6. The van der Waals surface area contributed by atoms with Gasteiger partial charge in [0.15, 0.2) is 6.10 Å². The molecule has 0 unspecified atom stereocenters. The number of halogens is 1. The van der Waals surface area contributed by atoms with E-state index in [9.17, 15) is 19.5 Å². The number of nitrogens with zero attached hydrogens (tertiary/aromatic N) is 4. The molecule has 3 amide bonds. The molecule has 11 heteroatoms. The Morgan fingerprint density at radius 3 is 2.59 bits per heavy atom. The lowest BCUT2D eigenvalue weighted by Crippen LogP contribution is -2.45. The highest BCUT2D eigenvalue weighted by Gasteiger charge is 2.38. The van der Waals surface area contributed by atoms with Crippen LogP contribution in [0.3, 0.4) is 0 Å². The van der Waals surface area contributed by atoms with Crippen molar-refractivity contribution >= 4 is 23.4 Å². The number of aliphatic hydroxyl groups is 1. The number of benzene rings is 1. The molecule has 1 saturated carbocycles. The van der Waals surface area contributed by atoms with Gasteiger partial charge in [0.1, 0.15) is 18.1 Å². The van der Waals surface area contributed by atoms with Crippen LogP contribution in [0.25, 0.3) is 0 Å². The topological polar surface area (TPSA) is 113 Å². The predicted molar refractivity (Wildman–Crippen MR) is 137 cm³/mol. The summed E-state index contributed by atoms with van der Waals surface area (Å²) in [6.45, 7) is 1.67. The Kier molecular flexibility index (Phi) is 6.84. The Hall–Kier alpha value is -3.73. The van der Waals surface area contributed by atoms with E-state index < -0.39 is 23.9 Å². The maximum atomic E-state index is 15.1. The van der Waals surface area contributed by atoms with Crippen LogP contribution in [-0.4, -0.2) is 82.6 Å². The van der Waals surface area contributed by atoms with Gasteiger partial charge >= 0.3 is 0 Å². The fourth-order valence-corrected chi connectivity index (χ4v) is 5.26. The molecule has 3 aliphatic heterocycles. The molecule has 4 heterocycles. The zero-order valence-electron chi connectivity index (χ0n) is 21.6. The Labute approximate surface area is 225 Å². The van der Waals surface area contributed by atoms with Crippen LogP contribution >= 0.6 is 0 Å². The first-order chi connectivity index (χ1) is 18.9. The number of aliphatic hydroxyl groups excluding tert-OH is 1. The summed E-state index contributed by atoms with van der Waals surface area (Å²) in [4.78, 5) is 47.5. The van der Waals surface area contributed by atoms with Crippen molar-refractivity contribution in [1.29, 1.82) is 0 Å². The summed E-state index contributed by atoms with van der Waals surface area (Å²) in [6, 6.07) is 6.20. The third-order valence-electron chi connectivity index (χ3n) is 7.81. The third-order valence-corrected chi connectivity index (χ3v) is 7.81. The highest BCUT2D eigenvalue weighted by Crippen LogP contribution is 2.33. The summed E-state index contributed by atoms with van der Waals surface area (Å²) in [6.07, 6.45) is 4.14. The van der Waals surface area contributed by atoms with Crippen molar-refractivity contribution in [3.05, 3.63) is 47.4 Å². The van der Waals surface area contributed by atoms with E-state index in [2.05, 4.69) is 4.98 Å². The number of ether oxygens (including phenoxy) is 2. The maximum absolute atomic E-state index is 15.1. The monoisotopic (exact) mass is 538 g/mol. The van der Waals surface area contributed by atoms with Gasteiger partial charge in [-0.2, -0.15) is 0 Å². The molecule has 39 heavy (non-hydrogen) atoms. The highest BCUT2D eigenvalue weighted by molar-refractivity contribution is 6.04. The van der Waals surface area contributed by atoms with E-state index in [0.29, 0.717) is 63.1 Å². The van der Waals surface area contributed by atoms with E-state index in [-0.39, 0.29) is 41.7 Å². The van der Waals surface area contributed by atoms with Gasteiger partial charge in [-0.25, -0.2) is 9.37 Å². The van der Waals surface area contributed by atoms with Crippen molar-refractivity contribution in [2.24, 2.45) is 5.92 Å². The van der Waals surface area contributed by atoms with Gasteiger partial charge in [0, 0.05) is 48.9 Å². The van der Waals surface area contributed by atoms with Crippen molar-refractivity contribution in [3.63, 3.8) is 0 Å². The Bertz CT molecular complexity index is 1280. The van der Waals surface area contributed by atoms with Crippen molar-refractivity contribution < 1.29 is 33.4 Å². The maximum Gasteiger partial charge on any atom is 0.268 e. The van der Waals surface area contributed by atoms with Crippen LogP contribution in [0.1, 0.15) is 48.0 Å². The summed E-state index contributed by atoms with van der Waals surface area (Å²) in [7, 11) is 0. The van der Waals surface area contributed by atoms with E-state index in [4.69, 9.17) is 9.47 Å². The highest BCUT2D eigenvalue weighted by atomic mass is 19.1. The SMILES string of the molecule is O=C(CN1Cc2c(F)cc(N3CC[C@@H](Oc4ccc(OCC5CC5)nc4)C3=O)cc2C1=O)N1CCC(O)CC1. The van der Waals surface area contributed by atoms with Gasteiger partial charge in [0.05, 0.1) is 25.5 Å². The molecule has 4 aliphatic rings. The molecule has 0 radical (unpaired) electrons. The molecule has 1 atom stereocenters. The number of likely N-dealkylation sites (tertiary alicyclic amines) is 1. The summed E-state index contributed by atoms with van der Waals surface area (Å²) in [5.41, 5.74) is 0.672. The molecule has 10 nitrogen and oxygen atoms in total. The fraction of sp³-hybridized carbons (Fsp3) is 0.500. The molecule has 0 spiro atoms. The number of aromatic nitrogens is 1. The van der Waals surface area contributed by atoms with Crippen LogP contribution in [0.5, 0.6) is 11.6 Å². The average molecular weight is 539 g/mol. The van der Waals surface area contributed by atoms with E-state index in [1.54, 1.807) is 17.0 Å². The number of amides is 3. The number of pyridine rings is 1. The standard InChI is InChI=1S/C28H31FN4O6/c29-23-12-18(11-21-22(23)14-32(27(21)36)15-26(35)31-8-5-19(34)6-9-31)33-10-7-24(28(33)37)39-20-3-4-25(30-13-20)38-16-17-1-2-17/h3-4,11-13,17,19,24,34H,1-2,5-10,14-16H2/t24-/m1/s1. The number of piperidine rings is 1. The van der Waals surface area contributed by atoms with Gasteiger partial charge in [-0.3, -0.25) is 14.4 Å². The van der Waals surface area contributed by atoms with Gasteiger partial charge in [-0.1, -0.05) is 0 Å². The van der Waals surface area contributed by atoms with Gasteiger partial charge in [-0.05, 0) is 49.8 Å². The van der Waals surface area contributed by atoms with Crippen LogP contribution in [0.15, 0.2) is 30.5 Å². The second kappa shape index (κ2) is 10.4. The van der Waals surface area contributed by atoms with E-state index in [0.717, 1.165) is 0 Å². The minimum atomic E-state index is -0.755. The van der Waals surface area contributed by atoms with Gasteiger partial charge < -0.3 is 29.3 Å². The molecular weight excluding hydrogens is 507 g/mol. The molecule has 6 rings (SSSR count). The van der Waals surface area contributed by atoms with Gasteiger partial charge in [0.2, 0.25) is 11.8 Å². The number of hydrogen-bond donors (Lipinski definition) is 1. The lowest BCUT2D eigenvalue weighted by Gasteiger charge is -2.30. The minimum absolute atomic E-state index is 0.00443. The van der Waals surface area contributed by atoms with E-state index >= 15 is 4.39 Å². The van der Waals surface area contributed by atoms with E-state index in [1.165, 1.54) is 41.0 Å². The molecule has 2 saturated heterocycles. The molecule has 3 fully saturated rings. The van der Waals surface area contributed by atoms with Crippen LogP contribution in [0, 0.1) is 11.7 Å². The van der Waals surface area contributed by atoms with Crippen LogP contribution in [0.2, 0.25) is 0 Å². The first-order valence-electron chi connectivity index (χ1n) is 13.5. The lowest BCUT2D eigenvalue weighted by atomic mass is 10.1. The van der Waals surface area contributed by atoms with Crippen LogP contribution < -0.4 is 14.4 Å². The van der Waals surface area contributed by atoms with Crippen molar-refractivity contribution in [1.82, 2.24) is 14.8 Å². The molecule has 206 valence electrons. The zero-order valence-corrected chi connectivity index (χ0v) is 21.6. The fourth-order valence-electron chi connectivity index (χ4n) is 5.26. The molecule has 1 aromatic carbocycles. The first kappa shape index (κ1) is 25.5. The second-order valence-corrected chi connectivity index (χ2v) is 10.7. The van der Waals surface area contributed by atoms with Crippen LogP contribution in [-0.2, 0) is 16.1 Å². The Morgan fingerprint density at radius 1 is 1.08 bits per heavy atom. The Morgan fingerprint density at radius 2 is 1.87 bits per heavy atom. The molecule has 1 N–H and O–H groups in total. The lowest BCUT2D eigenvalue weighted by molar-refractivity contribution is -0.134. The summed E-state index contributed by atoms with van der Waals surface area (Å²) >= 11 is 0. The molecule has 1 aliphatic carbocycles. The number of anilines is 1. The number of rotatable bonds is 8. The number of fused-ring (bicyclic) bond motifs is 1.